The van der Waals surface area contributed by atoms with Crippen LogP contribution in [0.3, 0.4) is 0 Å². The van der Waals surface area contributed by atoms with Crippen molar-refractivity contribution in [3.63, 3.8) is 0 Å². The van der Waals surface area contributed by atoms with Gasteiger partial charge in [-0.2, -0.15) is 15.0 Å². The van der Waals surface area contributed by atoms with Crippen molar-refractivity contribution < 1.29 is 4.74 Å². The highest BCUT2D eigenvalue weighted by molar-refractivity contribution is 5.38. The molecule has 1 heterocycles. The molecule has 4 N–H and O–H groups in total. The molecule has 0 saturated carbocycles. The van der Waals surface area contributed by atoms with Crippen LogP contribution in [0.1, 0.15) is 17.0 Å². The molecule has 0 bridgehead atoms. The second-order valence-corrected chi connectivity index (χ2v) is 3.95. The summed E-state index contributed by atoms with van der Waals surface area (Å²) >= 11 is 0. The van der Waals surface area contributed by atoms with Crippen molar-refractivity contribution in [3.8, 4) is 5.75 Å². The van der Waals surface area contributed by atoms with E-state index in [4.69, 9.17) is 16.2 Å². The molecule has 6 heteroatoms. The Morgan fingerprint density at radius 2 is 1.72 bits per heavy atom. The number of nitrogen functional groups attached to an aromatic ring is 2. The van der Waals surface area contributed by atoms with Crippen molar-refractivity contribution in [2.24, 2.45) is 0 Å². The summed E-state index contributed by atoms with van der Waals surface area (Å²) in [5.74, 6) is 1.41. The summed E-state index contributed by atoms with van der Waals surface area (Å²) in [6, 6.07) is 5.87. The molecule has 0 spiro atoms. The molecule has 0 atom stereocenters. The SMILES string of the molecule is Cc1cccc(OCc2nc(N)nc(N)n2)c1C. The molecule has 6 nitrogen and oxygen atoms in total. The zero-order chi connectivity index (χ0) is 13.1. The molecule has 2 rings (SSSR count). The van der Waals surface area contributed by atoms with E-state index in [0.717, 1.165) is 11.3 Å². The molecule has 18 heavy (non-hydrogen) atoms. The molecule has 0 amide bonds. The fourth-order valence-corrected chi connectivity index (χ4v) is 1.54. The highest BCUT2D eigenvalue weighted by atomic mass is 16.5. The minimum atomic E-state index is 0.0991. The fourth-order valence-electron chi connectivity index (χ4n) is 1.54. The first-order valence-corrected chi connectivity index (χ1v) is 5.51. The van der Waals surface area contributed by atoms with Crippen LogP contribution in [0.25, 0.3) is 0 Å². The first-order valence-electron chi connectivity index (χ1n) is 5.51. The van der Waals surface area contributed by atoms with E-state index in [1.54, 1.807) is 0 Å². The van der Waals surface area contributed by atoms with E-state index in [2.05, 4.69) is 15.0 Å². The van der Waals surface area contributed by atoms with Crippen molar-refractivity contribution in [2.45, 2.75) is 20.5 Å². The van der Waals surface area contributed by atoms with Crippen molar-refractivity contribution >= 4 is 11.9 Å². The maximum absolute atomic E-state index is 5.65. The number of hydrogen-bond acceptors (Lipinski definition) is 6. The fraction of sp³-hybridized carbons (Fsp3) is 0.250. The van der Waals surface area contributed by atoms with E-state index in [0.29, 0.717) is 5.82 Å². The summed E-state index contributed by atoms with van der Waals surface area (Å²) in [6.07, 6.45) is 0. The van der Waals surface area contributed by atoms with Gasteiger partial charge in [0.05, 0.1) is 0 Å². The highest BCUT2D eigenvalue weighted by Crippen LogP contribution is 2.21. The summed E-state index contributed by atoms with van der Waals surface area (Å²) in [6.45, 7) is 4.24. The number of nitrogens with two attached hydrogens (primary N) is 2. The number of nitrogens with zero attached hydrogens (tertiary/aromatic N) is 3. The number of aromatic nitrogens is 3. The van der Waals surface area contributed by atoms with E-state index >= 15 is 0 Å². The molecular formula is C12H15N5O. The smallest absolute Gasteiger partial charge is 0.225 e. The lowest BCUT2D eigenvalue weighted by atomic mass is 10.1. The monoisotopic (exact) mass is 245 g/mol. The molecule has 1 aromatic carbocycles. The molecule has 94 valence electrons. The molecule has 0 aliphatic carbocycles. The zero-order valence-corrected chi connectivity index (χ0v) is 10.3. The van der Waals surface area contributed by atoms with Crippen LogP contribution in [0.5, 0.6) is 5.75 Å². The topological polar surface area (TPSA) is 99.9 Å². The lowest BCUT2D eigenvalue weighted by Crippen LogP contribution is -2.09. The minimum Gasteiger partial charge on any atom is -0.485 e. The molecule has 2 aromatic rings. The van der Waals surface area contributed by atoms with Gasteiger partial charge in [-0.3, -0.25) is 0 Å². The van der Waals surface area contributed by atoms with Crippen molar-refractivity contribution in [1.82, 2.24) is 15.0 Å². The molecule has 0 aliphatic heterocycles. The van der Waals surface area contributed by atoms with Gasteiger partial charge in [-0.15, -0.1) is 0 Å². The molecule has 1 aromatic heterocycles. The van der Waals surface area contributed by atoms with Crippen LogP contribution >= 0.6 is 0 Å². The lowest BCUT2D eigenvalue weighted by molar-refractivity contribution is 0.293. The average Bonchev–Trinajstić information content (AvgIpc) is 2.30. The number of anilines is 2. The predicted molar refractivity (Wildman–Crippen MR) is 68.9 cm³/mol. The Hall–Kier alpha value is -2.37. The summed E-state index contributed by atoms with van der Waals surface area (Å²) < 4.78 is 5.65. The molecular weight excluding hydrogens is 230 g/mol. The van der Waals surface area contributed by atoms with Gasteiger partial charge < -0.3 is 16.2 Å². The van der Waals surface area contributed by atoms with Crippen molar-refractivity contribution in [2.75, 3.05) is 11.5 Å². The summed E-state index contributed by atoms with van der Waals surface area (Å²) in [5, 5.41) is 0. The van der Waals surface area contributed by atoms with Gasteiger partial charge in [0, 0.05) is 0 Å². The van der Waals surface area contributed by atoms with Crippen molar-refractivity contribution in [3.05, 3.63) is 35.2 Å². The van der Waals surface area contributed by atoms with Gasteiger partial charge in [-0.25, -0.2) is 0 Å². The van der Waals surface area contributed by atoms with E-state index in [-0.39, 0.29) is 18.5 Å². The van der Waals surface area contributed by atoms with E-state index < -0.39 is 0 Å². The lowest BCUT2D eigenvalue weighted by Gasteiger charge is -2.10. The predicted octanol–water partition coefficient (Wildman–Crippen LogP) is 1.23. The maximum Gasteiger partial charge on any atom is 0.225 e. The molecule has 0 fully saturated rings. The normalized spacial score (nSPS) is 10.3. The highest BCUT2D eigenvalue weighted by Gasteiger charge is 2.05. The summed E-state index contributed by atoms with van der Waals surface area (Å²) in [5.41, 5.74) is 13.2. The van der Waals surface area contributed by atoms with Gasteiger partial charge >= 0.3 is 0 Å². The Bertz CT molecular complexity index is 550. The average molecular weight is 245 g/mol. The number of benzene rings is 1. The summed E-state index contributed by atoms with van der Waals surface area (Å²) in [7, 11) is 0. The van der Waals surface area contributed by atoms with Crippen LogP contribution in [0.4, 0.5) is 11.9 Å². The van der Waals surface area contributed by atoms with E-state index in [1.165, 1.54) is 5.56 Å². The van der Waals surface area contributed by atoms with Gasteiger partial charge in [-0.1, -0.05) is 12.1 Å². The maximum atomic E-state index is 5.65. The van der Waals surface area contributed by atoms with Gasteiger partial charge in [-0.05, 0) is 31.0 Å². The van der Waals surface area contributed by atoms with Crippen molar-refractivity contribution in [1.29, 1.82) is 0 Å². The molecule has 0 saturated heterocycles. The van der Waals surface area contributed by atoms with Crippen LogP contribution in [0, 0.1) is 13.8 Å². The number of rotatable bonds is 3. The Kier molecular flexibility index (Phi) is 3.27. The first kappa shape index (κ1) is 12.1. The summed E-state index contributed by atoms with van der Waals surface area (Å²) in [4.78, 5) is 11.6. The second kappa shape index (κ2) is 4.87. The van der Waals surface area contributed by atoms with Gasteiger partial charge in [0.1, 0.15) is 12.4 Å². The molecule has 0 aliphatic rings. The van der Waals surface area contributed by atoms with Crippen LogP contribution in [0.15, 0.2) is 18.2 Å². The van der Waals surface area contributed by atoms with E-state index in [9.17, 15) is 0 Å². The third-order valence-corrected chi connectivity index (χ3v) is 2.63. The van der Waals surface area contributed by atoms with Gasteiger partial charge in [0.15, 0.2) is 5.82 Å². The number of hydrogen-bond donors (Lipinski definition) is 2. The minimum absolute atomic E-state index is 0.0991. The van der Waals surface area contributed by atoms with Crippen LogP contribution in [-0.2, 0) is 6.61 Å². The number of ether oxygens (including phenoxy) is 1. The zero-order valence-electron chi connectivity index (χ0n) is 10.3. The Morgan fingerprint density at radius 3 is 2.39 bits per heavy atom. The van der Waals surface area contributed by atoms with Crippen LogP contribution in [0.2, 0.25) is 0 Å². The Balaban J connectivity index is 2.14. The van der Waals surface area contributed by atoms with Crippen LogP contribution in [-0.4, -0.2) is 15.0 Å². The second-order valence-electron chi connectivity index (χ2n) is 3.95. The Morgan fingerprint density at radius 1 is 1.06 bits per heavy atom. The number of aryl methyl sites for hydroxylation is 1. The Labute approximate surface area is 105 Å². The third-order valence-electron chi connectivity index (χ3n) is 2.63. The van der Waals surface area contributed by atoms with Crippen LogP contribution < -0.4 is 16.2 Å². The largest absolute Gasteiger partial charge is 0.485 e. The van der Waals surface area contributed by atoms with Gasteiger partial charge in [0.2, 0.25) is 11.9 Å². The van der Waals surface area contributed by atoms with Gasteiger partial charge in [0.25, 0.3) is 0 Å². The third kappa shape index (κ3) is 2.65. The standard InChI is InChI=1S/C12H15N5O/c1-7-4-3-5-9(8(7)2)18-6-10-15-11(13)17-12(14)16-10/h3-5H,6H2,1-2H3,(H4,13,14,15,16,17). The molecule has 0 unspecified atom stereocenters. The quantitative estimate of drug-likeness (QED) is 0.843. The van der Waals surface area contributed by atoms with E-state index in [1.807, 2.05) is 32.0 Å². The molecule has 0 radical (unpaired) electrons. The first-order chi connectivity index (χ1) is 8.56.